The van der Waals surface area contributed by atoms with Crippen molar-refractivity contribution in [1.29, 1.82) is 0 Å². The van der Waals surface area contributed by atoms with Gasteiger partial charge in [-0.1, -0.05) is 35.5 Å². The summed E-state index contributed by atoms with van der Waals surface area (Å²) in [5, 5.41) is 11.3. The lowest BCUT2D eigenvalue weighted by atomic mass is 10.1. The van der Waals surface area contributed by atoms with Crippen molar-refractivity contribution >= 4 is 11.8 Å². The first-order valence-electron chi connectivity index (χ1n) is 9.41. The number of hydrogen-bond acceptors (Lipinski definition) is 6. The van der Waals surface area contributed by atoms with E-state index in [4.69, 9.17) is 9.26 Å². The standard InChI is InChI=1S/C20H26N6O3/c1-14-12-26(15(2)16-8-6-5-7-9-16)23-19(14)22-20(27)25(3)13-18-21-17(24-29-18)10-11-28-4/h5-9,12,15H,10-11,13H2,1-4H3,(H,22,23,27)/t15-/m1/s1. The molecule has 0 aliphatic rings. The molecule has 2 aromatic heterocycles. The molecule has 2 heterocycles. The molecule has 1 aromatic carbocycles. The van der Waals surface area contributed by atoms with Crippen LogP contribution in [-0.2, 0) is 17.7 Å². The molecule has 1 atom stereocenters. The van der Waals surface area contributed by atoms with Crippen LogP contribution in [-0.4, -0.2) is 51.6 Å². The zero-order valence-electron chi connectivity index (χ0n) is 17.1. The summed E-state index contributed by atoms with van der Waals surface area (Å²) in [5.41, 5.74) is 2.03. The fourth-order valence-corrected chi connectivity index (χ4v) is 2.81. The topological polar surface area (TPSA) is 98.3 Å². The fraction of sp³-hybridized carbons (Fsp3) is 0.400. The molecule has 1 N–H and O–H groups in total. The number of nitrogens with one attached hydrogen (secondary N) is 1. The van der Waals surface area contributed by atoms with Crippen LogP contribution >= 0.6 is 0 Å². The molecule has 0 radical (unpaired) electrons. The van der Waals surface area contributed by atoms with Gasteiger partial charge >= 0.3 is 6.03 Å². The monoisotopic (exact) mass is 398 g/mol. The van der Waals surface area contributed by atoms with Gasteiger partial charge in [-0.05, 0) is 19.4 Å². The minimum Gasteiger partial charge on any atom is -0.384 e. The molecule has 3 aromatic rings. The van der Waals surface area contributed by atoms with Gasteiger partial charge in [0.1, 0.15) is 6.54 Å². The number of anilines is 1. The quantitative estimate of drug-likeness (QED) is 0.626. The van der Waals surface area contributed by atoms with E-state index in [1.54, 1.807) is 14.2 Å². The average molecular weight is 398 g/mol. The number of aromatic nitrogens is 4. The Morgan fingerprint density at radius 2 is 2.10 bits per heavy atom. The van der Waals surface area contributed by atoms with E-state index in [9.17, 15) is 4.79 Å². The number of carbonyl (C=O) groups is 1. The lowest BCUT2D eigenvalue weighted by Gasteiger charge is -2.15. The van der Waals surface area contributed by atoms with Gasteiger partial charge in [-0.15, -0.1) is 0 Å². The van der Waals surface area contributed by atoms with E-state index in [0.717, 1.165) is 11.1 Å². The van der Waals surface area contributed by atoms with Crippen molar-refractivity contribution in [3.8, 4) is 0 Å². The number of ether oxygens (including phenoxy) is 1. The fourth-order valence-electron chi connectivity index (χ4n) is 2.81. The normalized spacial score (nSPS) is 12.0. The smallest absolute Gasteiger partial charge is 0.323 e. The van der Waals surface area contributed by atoms with Crippen LogP contribution in [0, 0.1) is 6.92 Å². The summed E-state index contributed by atoms with van der Waals surface area (Å²) in [7, 11) is 3.27. The summed E-state index contributed by atoms with van der Waals surface area (Å²) in [4.78, 5) is 18.3. The molecule has 0 bridgehead atoms. The summed E-state index contributed by atoms with van der Waals surface area (Å²) in [5.74, 6) is 1.45. The van der Waals surface area contributed by atoms with Crippen molar-refractivity contribution < 1.29 is 14.1 Å². The van der Waals surface area contributed by atoms with Gasteiger partial charge in [-0.2, -0.15) is 10.1 Å². The number of carbonyl (C=O) groups excluding carboxylic acids is 1. The van der Waals surface area contributed by atoms with E-state index < -0.39 is 0 Å². The van der Waals surface area contributed by atoms with Crippen LogP contribution in [0.5, 0.6) is 0 Å². The molecular formula is C20H26N6O3. The second-order valence-electron chi connectivity index (χ2n) is 6.86. The molecule has 3 rings (SSSR count). The van der Waals surface area contributed by atoms with Crippen LogP contribution in [0.3, 0.4) is 0 Å². The molecule has 0 aliphatic heterocycles. The minimum absolute atomic E-state index is 0.0576. The Balaban J connectivity index is 1.61. The van der Waals surface area contributed by atoms with Gasteiger partial charge < -0.3 is 14.2 Å². The van der Waals surface area contributed by atoms with Crippen LogP contribution in [0.15, 0.2) is 41.1 Å². The van der Waals surface area contributed by atoms with E-state index in [0.29, 0.717) is 30.6 Å². The largest absolute Gasteiger partial charge is 0.384 e. The lowest BCUT2D eigenvalue weighted by Crippen LogP contribution is -2.31. The number of aryl methyl sites for hydroxylation is 1. The summed E-state index contributed by atoms with van der Waals surface area (Å²) in [6, 6.07) is 9.84. The molecule has 9 nitrogen and oxygen atoms in total. The third kappa shape index (κ3) is 5.20. The Kier molecular flexibility index (Phi) is 6.61. The van der Waals surface area contributed by atoms with Gasteiger partial charge in [-0.25, -0.2) is 4.79 Å². The van der Waals surface area contributed by atoms with Crippen molar-refractivity contribution in [2.45, 2.75) is 32.9 Å². The first-order chi connectivity index (χ1) is 14.0. The Bertz CT molecular complexity index is 937. The Morgan fingerprint density at radius 1 is 1.34 bits per heavy atom. The van der Waals surface area contributed by atoms with E-state index in [1.807, 2.05) is 36.0 Å². The van der Waals surface area contributed by atoms with Gasteiger partial charge in [0.05, 0.1) is 12.6 Å². The summed E-state index contributed by atoms with van der Waals surface area (Å²) in [6.45, 7) is 4.69. The maximum absolute atomic E-state index is 12.6. The maximum atomic E-state index is 12.6. The number of amides is 2. The number of rotatable bonds is 8. The molecule has 2 amide bonds. The van der Waals surface area contributed by atoms with Crippen molar-refractivity contribution in [3.63, 3.8) is 0 Å². The molecule has 0 unspecified atom stereocenters. The first-order valence-corrected chi connectivity index (χ1v) is 9.41. The third-order valence-corrected chi connectivity index (χ3v) is 4.58. The van der Waals surface area contributed by atoms with Gasteiger partial charge in [0.25, 0.3) is 0 Å². The maximum Gasteiger partial charge on any atom is 0.323 e. The zero-order chi connectivity index (χ0) is 20.8. The highest BCUT2D eigenvalue weighted by atomic mass is 16.5. The van der Waals surface area contributed by atoms with Crippen LogP contribution in [0.1, 0.15) is 35.8 Å². The molecule has 0 saturated heterocycles. The number of hydrogen-bond donors (Lipinski definition) is 1. The molecular weight excluding hydrogens is 372 g/mol. The summed E-state index contributed by atoms with van der Waals surface area (Å²) in [6.07, 6.45) is 2.49. The highest BCUT2D eigenvalue weighted by Gasteiger charge is 2.18. The predicted octanol–water partition coefficient (Wildman–Crippen LogP) is 3.04. The van der Waals surface area contributed by atoms with E-state index in [1.165, 1.54) is 4.90 Å². The van der Waals surface area contributed by atoms with E-state index in [2.05, 4.69) is 39.6 Å². The Labute approximate surface area is 169 Å². The molecule has 0 saturated carbocycles. The summed E-state index contributed by atoms with van der Waals surface area (Å²) < 4.78 is 12.0. The van der Waals surface area contributed by atoms with Crippen molar-refractivity contribution in [1.82, 2.24) is 24.8 Å². The molecule has 29 heavy (non-hydrogen) atoms. The molecule has 9 heteroatoms. The van der Waals surface area contributed by atoms with Crippen LogP contribution in [0.2, 0.25) is 0 Å². The van der Waals surface area contributed by atoms with E-state index in [-0.39, 0.29) is 18.6 Å². The van der Waals surface area contributed by atoms with E-state index >= 15 is 0 Å². The van der Waals surface area contributed by atoms with Crippen molar-refractivity contribution in [2.75, 3.05) is 26.1 Å². The lowest BCUT2D eigenvalue weighted by molar-refractivity contribution is 0.199. The van der Waals surface area contributed by atoms with Crippen molar-refractivity contribution in [2.24, 2.45) is 0 Å². The first kappa shape index (κ1) is 20.5. The second kappa shape index (κ2) is 9.33. The third-order valence-electron chi connectivity index (χ3n) is 4.58. The second-order valence-corrected chi connectivity index (χ2v) is 6.86. The molecule has 154 valence electrons. The average Bonchev–Trinajstić information content (AvgIpc) is 3.32. The number of benzene rings is 1. The Morgan fingerprint density at radius 3 is 2.83 bits per heavy atom. The van der Waals surface area contributed by atoms with Gasteiger partial charge in [0.2, 0.25) is 5.89 Å². The van der Waals surface area contributed by atoms with Gasteiger partial charge in [-0.3, -0.25) is 10.00 Å². The predicted molar refractivity (Wildman–Crippen MR) is 108 cm³/mol. The summed E-state index contributed by atoms with van der Waals surface area (Å²) >= 11 is 0. The SMILES string of the molecule is COCCc1noc(CN(C)C(=O)Nc2nn([C@H](C)c3ccccc3)cc2C)n1. The van der Waals surface area contributed by atoms with Crippen LogP contribution in [0.25, 0.3) is 0 Å². The van der Waals surface area contributed by atoms with Gasteiger partial charge in [0, 0.05) is 32.3 Å². The Hall–Kier alpha value is -3.20. The molecule has 0 spiro atoms. The highest BCUT2D eigenvalue weighted by Crippen LogP contribution is 2.21. The van der Waals surface area contributed by atoms with Crippen molar-refractivity contribution in [3.05, 3.63) is 59.4 Å². The minimum atomic E-state index is -0.303. The van der Waals surface area contributed by atoms with Crippen LogP contribution < -0.4 is 5.32 Å². The molecule has 0 fully saturated rings. The van der Waals surface area contributed by atoms with Crippen LogP contribution in [0.4, 0.5) is 10.6 Å². The highest BCUT2D eigenvalue weighted by molar-refractivity contribution is 5.88. The number of nitrogens with zero attached hydrogens (tertiary/aromatic N) is 5. The van der Waals surface area contributed by atoms with Gasteiger partial charge in [0.15, 0.2) is 11.6 Å². The molecule has 0 aliphatic carbocycles. The number of methoxy groups -OCH3 is 1. The number of urea groups is 1. The zero-order valence-corrected chi connectivity index (χ0v) is 17.1.